The van der Waals surface area contributed by atoms with Crippen molar-refractivity contribution in [3.63, 3.8) is 0 Å². The Morgan fingerprint density at radius 1 is 1.11 bits per heavy atom. The van der Waals surface area contributed by atoms with Gasteiger partial charge in [0.2, 0.25) is 5.82 Å². The van der Waals surface area contributed by atoms with Crippen molar-refractivity contribution in [1.82, 2.24) is 15.5 Å². The van der Waals surface area contributed by atoms with Gasteiger partial charge in [0.25, 0.3) is 11.8 Å². The van der Waals surface area contributed by atoms with Crippen LogP contribution in [0, 0.1) is 6.92 Å². The molecule has 0 aliphatic rings. The van der Waals surface area contributed by atoms with E-state index in [1.165, 1.54) is 0 Å². The van der Waals surface area contributed by atoms with E-state index in [0.29, 0.717) is 17.5 Å². The van der Waals surface area contributed by atoms with Gasteiger partial charge in [0.15, 0.2) is 13.2 Å². The van der Waals surface area contributed by atoms with Crippen LogP contribution < -0.4 is 14.8 Å². The number of amides is 1. The summed E-state index contributed by atoms with van der Waals surface area (Å²) in [6, 6.07) is 15.0. The number of rotatable bonds is 8. The smallest absolute Gasteiger partial charge is 0.264 e. The number of nitrogens with one attached hydrogen (secondary N) is 1. The minimum absolute atomic E-state index is 0.0521. The minimum Gasteiger partial charge on any atom is -0.484 e. The minimum atomic E-state index is -0.171. The van der Waals surface area contributed by atoms with E-state index in [4.69, 9.17) is 14.0 Å². The molecule has 146 valence electrons. The number of hydrogen-bond donors (Lipinski definition) is 1. The third kappa shape index (κ3) is 5.57. The zero-order chi connectivity index (χ0) is 19.9. The van der Waals surface area contributed by atoms with Crippen LogP contribution in [-0.4, -0.2) is 28.7 Å². The number of carbonyl (C=O) groups is 1. The molecule has 3 rings (SSSR count). The van der Waals surface area contributed by atoms with E-state index in [0.717, 1.165) is 16.9 Å². The molecule has 0 radical (unpaired) electrons. The summed E-state index contributed by atoms with van der Waals surface area (Å²) in [6.07, 6.45) is 0. The summed E-state index contributed by atoms with van der Waals surface area (Å²) in [5, 5.41) is 6.77. The molecule has 0 atom stereocenters. The molecule has 3 aromatic rings. The topological polar surface area (TPSA) is 86.5 Å². The molecule has 0 spiro atoms. The first-order valence-corrected chi connectivity index (χ1v) is 9.04. The first-order valence-electron chi connectivity index (χ1n) is 9.04. The van der Waals surface area contributed by atoms with Crippen LogP contribution in [0.2, 0.25) is 0 Å². The molecule has 0 saturated carbocycles. The van der Waals surface area contributed by atoms with Crippen molar-refractivity contribution in [2.75, 3.05) is 6.61 Å². The summed E-state index contributed by atoms with van der Waals surface area (Å²) >= 11 is 0. The van der Waals surface area contributed by atoms with Gasteiger partial charge in [-0.1, -0.05) is 29.4 Å². The highest BCUT2D eigenvalue weighted by molar-refractivity contribution is 5.77. The lowest BCUT2D eigenvalue weighted by Gasteiger charge is -2.10. The maximum Gasteiger partial charge on any atom is 0.264 e. The highest BCUT2D eigenvalue weighted by Crippen LogP contribution is 2.22. The normalized spacial score (nSPS) is 10.7. The van der Waals surface area contributed by atoms with E-state index in [2.05, 4.69) is 15.5 Å². The number of hydrogen-bond acceptors (Lipinski definition) is 6. The highest BCUT2D eigenvalue weighted by Gasteiger charge is 2.11. The van der Waals surface area contributed by atoms with E-state index in [9.17, 15) is 4.79 Å². The van der Waals surface area contributed by atoms with Crippen LogP contribution in [0.1, 0.15) is 25.3 Å². The molecule has 0 fully saturated rings. The third-order valence-corrected chi connectivity index (χ3v) is 3.73. The summed E-state index contributed by atoms with van der Waals surface area (Å²) in [7, 11) is 0. The average Bonchev–Trinajstić information content (AvgIpc) is 3.14. The van der Waals surface area contributed by atoms with E-state index < -0.39 is 0 Å². The summed E-state index contributed by atoms with van der Waals surface area (Å²) in [5.74, 6) is 1.93. The van der Waals surface area contributed by atoms with E-state index in [1.54, 1.807) is 12.1 Å². The zero-order valence-electron chi connectivity index (χ0n) is 16.1. The molecule has 7 nitrogen and oxygen atoms in total. The number of aromatic nitrogens is 2. The Balaban J connectivity index is 1.60. The van der Waals surface area contributed by atoms with Crippen LogP contribution in [0.3, 0.4) is 0 Å². The predicted octanol–water partition coefficient (Wildman–Crippen LogP) is 3.53. The van der Waals surface area contributed by atoms with Crippen molar-refractivity contribution >= 4 is 5.91 Å². The first-order chi connectivity index (χ1) is 13.5. The zero-order valence-corrected chi connectivity index (χ0v) is 16.1. The fourth-order valence-corrected chi connectivity index (χ4v) is 2.52. The van der Waals surface area contributed by atoms with Crippen molar-refractivity contribution in [1.29, 1.82) is 0 Å². The SMILES string of the molecule is Cc1cccc(OCc2nc(-c3cccc(OCC(=O)NC(C)C)c3)no2)c1. The summed E-state index contributed by atoms with van der Waals surface area (Å²) in [4.78, 5) is 16.1. The molecule has 0 aliphatic carbocycles. The van der Waals surface area contributed by atoms with Crippen LogP contribution >= 0.6 is 0 Å². The molecule has 7 heteroatoms. The number of nitrogens with zero attached hydrogens (tertiary/aromatic N) is 2. The van der Waals surface area contributed by atoms with E-state index in [-0.39, 0.29) is 25.2 Å². The fourth-order valence-electron chi connectivity index (χ4n) is 2.52. The molecule has 1 N–H and O–H groups in total. The maximum atomic E-state index is 11.7. The molecule has 0 bridgehead atoms. The Bertz CT molecular complexity index is 937. The van der Waals surface area contributed by atoms with Crippen molar-refractivity contribution in [2.45, 2.75) is 33.4 Å². The molecule has 0 unspecified atom stereocenters. The Morgan fingerprint density at radius 3 is 2.61 bits per heavy atom. The highest BCUT2D eigenvalue weighted by atomic mass is 16.5. The van der Waals surface area contributed by atoms with Gasteiger partial charge in [-0.25, -0.2) is 0 Å². The van der Waals surface area contributed by atoms with Crippen molar-refractivity contribution < 1.29 is 18.8 Å². The van der Waals surface area contributed by atoms with Crippen LogP contribution in [0.15, 0.2) is 53.1 Å². The Hall–Kier alpha value is -3.35. The summed E-state index contributed by atoms with van der Waals surface area (Å²) in [5.41, 5.74) is 1.84. The largest absolute Gasteiger partial charge is 0.484 e. The molecule has 1 aromatic heterocycles. The monoisotopic (exact) mass is 381 g/mol. The van der Waals surface area contributed by atoms with Gasteiger partial charge in [0.05, 0.1) is 0 Å². The summed E-state index contributed by atoms with van der Waals surface area (Å²) < 4.78 is 16.5. The van der Waals surface area contributed by atoms with Crippen molar-refractivity contribution in [2.24, 2.45) is 0 Å². The lowest BCUT2D eigenvalue weighted by Crippen LogP contribution is -2.34. The van der Waals surface area contributed by atoms with E-state index >= 15 is 0 Å². The lowest BCUT2D eigenvalue weighted by molar-refractivity contribution is -0.123. The molecule has 0 aliphatic heterocycles. The van der Waals surface area contributed by atoms with Gasteiger partial charge in [-0.05, 0) is 50.6 Å². The van der Waals surface area contributed by atoms with Gasteiger partial charge in [0.1, 0.15) is 11.5 Å². The Kier molecular flexibility index (Phi) is 6.26. The summed E-state index contributed by atoms with van der Waals surface area (Å²) in [6.45, 7) is 5.93. The lowest BCUT2D eigenvalue weighted by atomic mass is 10.2. The molecular formula is C21H23N3O4. The molecule has 1 amide bonds. The number of carbonyl (C=O) groups excluding carboxylic acids is 1. The maximum absolute atomic E-state index is 11.7. The van der Waals surface area contributed by atoms with Gasteiger partial charge in [0, 0.05) is 11.6 Å². The van der Waals surface area contributed by atoms with Crippen LogP contribution in [0.4, 0.5) is 0 Å². The number of benzene rings is 2. The van der Waals surface area contributed by atoms with E-state index in [1.807, 2.05) is 57.2 Å². The quantitative estimate of drug-likeness (QED) is 0.642. The van der Waals surface area contributed by atoms with Gasteiger partial charge in [-0.2, -0.15) is 4.98 Å². The second kappa shape index (κ2) is 9.03. The van der Waals surface area contributed by atoms with Crippen LogP contribution in [0.5, 0.6) is 11.5 Å². The van der Waals surface area contributed by atoms with Crippen LogP contribution in [0.25, 0.3) is 11.4 Å². The number of ether oxygens (including phenoxy) is 2. The molecule has 2 aromatic carbocycles. The second-order valence-corrected chi connectivity index (χ2v) is 6.66. The predicted molar refractivity (Wildman–Crippen MR) is 104 cm³/mol. The standard InChI is InChI=1S/C21H23N3O4/c1-14(2)22-19(25)12-26-18-9-5-7-16(11-18)21-23-20(28-24-21)13-27-17-8-4-6-15(3)10-17/h4-11,14H,12-13H2,1-3H3,(H,22,25). The van der Waals surface area contributed by atoms with Crippen molar-refractivity contribution in [3.8, 4) is 22.9 Å². The fraction of sp³-hybridized carbons (Fsp3) is 0.286. The van der Waals surface area contributed by atoms with Crippen molar-refractivity contribution in [3.05, 3.63) is 60.0 Å². The van der Waals surface area contributed by atoms with Gasteiger partial charge in [-0.3, -0.25) is 4.79 Å². The van der Waals surface area contributed by atoms with Gasteiger partial charge >= 0.3 is 0 Å². The number of aryl methyl sites for hydroxylation is 1. The molecule has 28 heavy (non-hydrogen) atoms. The molecule has 0 saturated heterocycles. The Labute approximate surface area is 163 Å². The van der Waals surface area contributed by atoms with Gasteiger partial charge in [-0.15, -0.1) is 0 Å². The Morgan fingerprint density at radius 2 is 1.86 bits per heavy atom. The first kappa shape index (κ1) is 19.4. The third-order valence-electron chi connectivity index (χ3n) is 3.73. The van der Waals surface area contributed by atoms with Crippen LogP contribution in [-0.2, 0) is 11.4 Å². The van der Waals surface area contributed by atoms with Gasteiger partial charge < -0.3 is 19.3 Å². The molecular weight excluding hydrogens is 358 g/mol. The molecule has 1 heterocycles. The second-order valence-electron chi connectivity index (χ2n) is 6.66. The average molecular weight is 381 g/mol.